The van der Waals surface area contributed by atoms with Gasteiger partial charge in [0.05, 0.1) is 25.9 Å². The van der Waals surface area contributed by atoms with Gasteiger partial charge in [-0.05, 0) is 24.6 Å². The summed E-state index contributed by atoms with van der Waals surface area (Å²) in [5, 5.41) is 3.07. The average molecular weight is 320 g/mol. The van der Waals surface area contributed by atoms with Crippen molar-refractivity contribution >= 4 is 5.91 Å². The van der Waals surface area contributed by atoms with Crippen molar-refractivity contribution in [3.63, 3.8) is 0 Å². The number of nitrogens with zero attached hydrogens (tertiary/aromatic N) is 1. The highest BCUT2D eigenvalue weighted by Crippen LogP contribution is 2.24. The van der Waals surface area contributed by atoms with E-state index in [1.54, 1.807) is 0 Å². The molecule has 1 fully saturated rings. The molecule has 0 aliphatic carbocycles. The molecular formula is C18H28N2O3. The average Bonchev–Trinajstić information content (AvgIpc) is 2.57. The maximum atomic E-state index is 11.9. The molecule has 1 aromatic carbocycles. The van der Waals surface area contributed by atoms with Gasteiger partial charge in [-0.25, -0.2) is 0 Å². The molecule has 0 bridgehead atoms. The lowest BCUT2D eigenvalue weighted by Gasteiger charge is -2.35. The standard InChI is InChI=1S/C18H28N2O3/c1-4-23-16-7-5-15(6-8-16)17(13-19-18(21)14(2)3)20-9-11-22-12-10-20/h5-8,14,17H,4,9-13H2,1-3H3,(H,19,21). The summed E-state index contributed by atoms with van der Waals surface area (Å²) in [5.74, 6) is 0.970. The fraction of sp³-hybridized carbons (Fsp3) is 0.611. The zero-order valence-corrected chi connectivity index (χ0v) is 14.4. The van der Waals surface area contributed by atoms with Gasteiger partial charge in [-0.15, -0.1) is 0 Å². The zero-order valence-electron chi connectivity index (χ0n) is 14.4. The Hall–Kier alpha value is -1.59. The smallest absolute Gasteiger partial charge is 0.222 e. The second-order valence-electron chi connectivity index (χ2n) is 6.07. The summed E-state index contributed by atoms with van der Waals surface area (Å²) >= 11 is 0. The Kier molecular flexibility index (Phi) is 6.86. The summed E-state index contributed by atoms with van der Waals surface area (Å²) in [7, 11) is 0. The van der Waals surface area contributed by atoms with Crippen molar-refractivity contribution in [1.82, 2.24) is 10.2 Å². The van der Waals surface area contributed by atoms with Gasteiger partial charge in [0, 0.05) is 25.6 Å². The molecule has 5 heteroatoms. The summed E-state index contributed by atoms with van der Waals surface area (Å²) < 4.78 is 11.0. The van der Waals surface area contributed by atoms with E-state index in [0.29, 0.717) is 13.2 Å². The predicted octanol–water partition coefficient (Wildman–Crippen LogP) is 2.23. The fourth-order valence-corrected chi connectivity index (χ4v) is 2.70. The number of rotatable bonds is 7. The monoisotopic (exact) mass is 320 g/mol. The third-order valence-corrected chi connectivity index (χ3v) is 4.06. The van der Waals surface area contributed by atoms with Crippen LogP contribution in [0.3, 0.4) is 0 Å². The van der Waals surface area contributed by atoms with Gasteiger partial charge in [0.25, 0.3) is 0 Å². The first-order valence-corrected chi connectivity index (χ1v) is 8.44. The number of morpholine rings is 1. The van der Waals surface area contributed by atoms with Crippen LogP contribution in [0.2, 0.25) is 0 Å². The molecular weight excluding hydrogens is 292 g/mol. The van der Waals surface area contributed by atoms with E-state index in [1.165, 1.54) is 5.56 Å². The van der Waals surface area contributed by atoms with Crippen molar-refractivity contribution in [3.05, 3.63) is 29.8 Å². The highest BCUT2D eigenvalue weighted by molar-refractivity contribution is 5.77. The minimum atomic E-state index is 0.000620. The Morgan fingerprint density at radius 1 is 1.26 bits per heavy atom. The summed E-state index contributed by atoms with van der Waals surface area (Å²) in [6, 6.07) is 8.34. The van der Waals surface area contributed by atoms with Crippen molar-refractivity contribution in [3.8, 4) is 5.75 Å². The molecule has 0 spiro atoms. The van der Waals surface area contributed by atoms with Gasteiger partial charge in [0.15, 0.2) is 0 Å². The third-order valence-electron chi connectivity index (χ3n) is 4.06. The van der Waals surface area contributed by atoms with Crippen molar-refractivity contribution in [1.29, 1.82) is 0 Å². The highest BCUT2D eigenvalue weighted by Gasteiger charge is 2.23. The summed E-state index contributed by atoms with van der Waals surface area (Å²) in [6.45, 7) is 10.3. The van der Waals surface area contributed by atoms with Crippen LogP contribution in [0.15, 0.2) is 24.3 Å². The van der Waals surface area contributed by atoms with Crippen LogP contribution in [0.4, 0.5) is 0 Å². The normalized spacial score (nSPS) is 17.0. The second-order valence-corrected chi connectivity index (χ2v) is 6.07. The Bertz CT molecular complexity index is 482. The minimum Gasteiger partial charge on any atom is -0.494 e. The quantitative estimate of drug-likeness (QED) is 0.837. The lowest BCUT2D eigenvalue weighted by molar-refractivity contribution is -0.124. The lowest BCUT2D eigenvalue weighted by atomic mass is 10.0. The first-order chi connectivity index (χ1) is 11.1. The van der Waals surface area contributed by atoms with E-state index >= 15 is 0 Å². The van der Waals surface area contributed by atoms with Gasteiger partial charge >= 0.3 is 0 Å². The molecule has 1 aromatic rings. The van der Waals surface area contributed by atoms with Crippen molar-refractivity contribution in [2.24, 2.45) is 5.92 Å². The van der Waals surface area contributed by atoms with E-state index in [0.717, 1.165) is 32.1 Å². The zero-order chi connectivity index (χ0) is 16.7. The number of amides is 1. The van der Waals surface area contributed by atoms with E-state index in [9.17, 15) is 4.79 Å². The van der Waals surface area contributed by atoms with Gasteiger partial charge in [-0.3, -0.25) is 9.69 Å². The molecule has 1 aliphatic rings. The van der Waals surface area contributed by atoms with Crippen LogP contribution in [0, 0.1) is 5.92 Å². The first kappa shape index (κ1) is 17.8. The minimum absolute atomic E-state index is 0.000620. The molecule has 1 saturated heterocycles. The van der Waals surface area contributed by atoms with Gasteiger partial charge in [0.1, 0.15) is 5.75 Å². The maximum absolute atomic E-state index is 11.9. The Morgan fingerprint density at radius 3 is 2.48 bits per heavy atom. The third kappa shape index (κ3) is 5.22. The SMILES string of the molecule is CCOc1ccc(C(CNC(=O)C(C)C)N2CCOCC2)cc1. The number of nitrogens with one attached hydrogen (secondary N) is 1. The fourth-order valence-electron chi connectivity index (χ4n) is 2.70. The van der Waals surface area contributed by atoms with Gasteiger partial charge in [0.2, 0.25) is 5.91 Å². The topological polar surface area (TPSA) is 50.8 Å². The highest BCUT2D eigenvalue weighted by atomic mass is 16.5. The lowest BCUT2D eigenvalue weighted by Crippen LogP contribution is -2.44. The number of carbonyl (C=O) groups is 1. The van der Waals surface area contributed by atoms with E-state index < -0.39 is 0 Å². The Labute approximate surface area is 139 Å². The van der Waals surface area contributed by atoms with Gasteiger partial charge in [-0.2, -0.15) is 0 Å². The van der Waals surface area contributed by atoms with E-state index in [4.69, 9.17) is 9.47 Å². The molecule has 0 aromatic heterocycles. The molecule has 1 N–H and O–H groups in total. The van der Waals surface area contributed by atoms with Crippen LogP contribution in [0.25, 0.3) is 0 Å². The Balaban J connectivity index is 2.09. The van der Waals surface area contributed by atoms with Crippen LogP contribution in [-0.2, 0) is 9.53 Å². The van der Waals surface area contributed by atoms with Gasteiger partial charge < -0.3 is 14.8 Å². The molecule has 0 radical (unpaired) electrons. The van der Waals surface area contributed by atoms with Crippen LogP contribution in [-0.4, -0.2) is 50.3 Å². The van der Waals surface area contributed by atoms with E-state index in [-0.39, 0.29) is 17.9 Å². The summed E-state index contributed by atoms with van der Waals surface area (Å²) in [4.78, 5) is 14.3. The number of hydrogen-bond acceptors (Lipinski definition) is 4. The number of ether oxygens (including phenoxy) is 2. The van der Waals surface area contributed by atoms with Crippen molar-refractivity contribution < 1.29 is 14.3 Å². The molecule has 2 rings (SSSR count). The number of benzene rings is 1. The van der Waals surface area contributed by atoms with Crippen LogP contribution >= 0.6 is 0 Å². The van der Waals surface area contributed by atoms with Gasteiger partial charge in [-0.1, -0.05) is 26.0 Å². The molecule has 23 heavy (non-hydrogen) atoms. The van der Waals surface area contributed by atoms with E-state index in [1.807, 2.05) is 32.9 Å². The molecule has 1 atom stereocenters. The molecule has 0 saturated carbocycles. The number of carbonyl (C=O) groups excluding carboxylic acids is 1. The molecule has 128 valence electrons. The number of hydrogen-bond donors (Lipinski definition) is 1. The predicted molar refractivity (Wildman–Crippen MR) is 90.6 cm³/mol. The molecule has 1 heterocycles. The van der Waals surface area contributed by atoms with Crippen LogP contribution < -0.4 is 10.1 Å². The Morgan fingerprint density at radius 2 is 1.91 bits per heavy atom. The summed E-state index contributed by atoms with van der Waals surface area (Å²) in [6.07, 6.45) is 0. The van der Waals surface area contributed by atoms with Crippen molar-refractivity contribution in [2.75, 3.05) is 39.5 Å². The van der Waals surface area contributed by atoms with E-state index in [2.05, 4.69) is 22.3 Å². The molecule has 5 nitrogen and oxygen atoms in total. The van der Waals surface area contributed by atoms with Crippen molar-refractivity contribution in [2.45, 2.75) is 26.8 Å². The molecule has 1 amide bonds. The molecule has 1 aliphatic heterocycles. The van der Waals surface area contributed by atoms with Crippen LogP contribution in [0.5, 0.6) is 5.75 Å². The second kappa shape index (κ2) is 8.89. The molecule has 1 unspecified atom stereocenters. The summed E-state index contributed by atoms with van der Waals surface area (Å²) in [5.41, 5.74) is 1.19. The van der Waals surface area contributed by atoms with Crippen LogP contribution in [0.1, 0.15) is 32.4 Å². The largest absolute Gasteiger partial charge is 0.494 e. The maximum Gasteiger partial charge on any atom is 0.222 e. The first-order valence-electron chi connectivity index (χ1n) is 8.44.